The van der Waals surface area contributed by atoms with Gasteiger partial charge in [-0.2, -0.15) is 0 Å². The van der Waals surface area contributed by atoms with Crippen molar-refractivity contribution in [2.24, 2.45) is 11.8 Å². The molecule has 0 aromatic heterocycles. The minimum absolute atomic E-state index is 0.0851. The third-order valence-corrected chi connectivity index (χ3v) is 6.20. The lowest BCUT2D eigenvalue weighted by atomic mass is 9.78. The van der Waals surface area contributed by atoms with Gasteiger partial charge in [0, 0.05) is 13.1 Å². The van der Waals surface area contributed by atoms with Gasteiger partial charge in [-0.15, -0.1) is 0 Å². The summed E-state index contributed by atoms with van der Waals surface area (Å²) in [6.07, 6.45) is -0.0917. The predicted molar refractivity (Wildman–Crippen MR) is 108 cm³/mol. The van der Waals surface area contributed by atoms with Gasteiger partial charge < -0.3 is 24.2 Å². The molecule has 0 unspecified atom stereocenters. The number of aliphatic hydroxyl groups excluding tert-OH is 1. The number of ether oxygens (including phenoxy) is 3. The van der Waals surface area contributed by atoms with Crippen molar-refractivity contribution in [2.45, 2.75) is 25.0 Å². The summed E-state index contributed by atoms with van der Waals surface area (Å²) in [5, 5.41) is 10.6. The third kappa shape index (κ3) is 4.04. The van der Waals surface area contributed by atoms with Crippen LogP contribution in [0.1, 0.15) is 23.2 Å². The van der Waals surface area contributed by atoms with Gasteiger partial charge in [0.25, 0.3) is 5.91 Å². The molecule has 2 aliphatic rings. The second kappa shape index (κ2) is 8.70. The molecule has 1 heterocycles. The molecule has 1 saturated carbocycles. The maximum Gasteiger partial charge on any atom is 0.256 e. The van der Waals surface area contributed by atoms with Crippen LogP contribution in [-0.2, 0) is 0 Å². The van der Waals surface area contributed by atoms with Crippen molar-refractivity contribution in [3.05, 3.63) is 53.6 Å². The fraction of sp³-hybridized carbons (Fsp3) is 0.435. The summed E-state index contributed by atoms with van der Waals surface area (Å²) in [6, 6.07) is 9.40. The molecule has 4 atom stereocenters. The van der Waals surface area contributed by atoms with Crippen LogP contribution in [0, 0.1) is 23.5 Å². The summed E-state index contributed by atoms with van der Waals surface area (Å²) in [6.45, 7) is 0.822. The Morgan fingerprint density at radius 2 is 1.68 bits per heavy atom. The number of amides is 1. The summed E-state index contributed by atoms with van der Waals surface area (Å²) >= 11 is 0. The first-order chi connectivity index (χ1) is 14.9. The van der Waals surface area contributed by atoms with Crippen LogP contribution in [0.4, 0.5) is 8.78 Å². The zero-order valence-corrected chi connectivity index (χ0v) is 17.4. The van der Waals surface area contributed by atoms with Crippen molar-refractivity contribution in [1.82, 2.24) is 4.90 Å². The molecule has 31 heavy (non-hydrogen) atoms. The first-order valence-electron chi connectivity index (χ1n) is 10.2. The molecule has 2 aromatic carbocycles. The Labute approximate surface area is 179 Å². The molecule has 166 valence electrons. The van der Waals surface area contributed by atoms with E-state index in [9.17, 15) is 18.7 Å². The van der Waals surface area contributed by atoms with E-state index in [0.29, 0.717) is 37.4 Å². The minimum Gasteiger partial charge on any atom is -0.493 e. The molecule has 1 N–H and O–H groups in total. The van der Waals surface area contributed by atoms with Crippen LogP contribution in [0.3, 0.4) is 0 Å². The Morgan fingerprint density at radius 3 is 2.35 bits per heavy atom. The van der Waals surface area contributed by atoms with Crippen LogP contribution in [0.15, 0.2) is 36.4 Å². The topological polar surface area (TPSA) is 68.2 Å². The molecule has 8 heteroatoms. The van der Waals surface area contributed by atoms with Crippen LogP contribution in [0.2, 0.25) is 0 Å². The zero-order valence-electron chi connectivity index (χ0n) is 17.4. The number of carbonyl (C=O) groups is 1. The summed E-state index contributed by atoms with van der Waals surface area (Å²) in [5.41, 5.74) is -0.223. The fourth-order valence-corrected chi connectivity index (χ4v) is 4.62. The highest BCUT2D eigenvalue weighted by atomic mass is 19.1. The van der Waals surface area contributed by atoms with Gasteiger partial charge >= 0.3 is 0 Å². The molecule has 0 spiro atoms. The monoisotopic (exact) mass is 433 g/mol. The van der Waals surface area contributed by atoms with E-state index in [2.05, 4.69) is 0 Å². The number of hydrogen-bond donors (Lipinski definition) is 1. The average molecular weight is 433 g/mol. The summed E-state index contributed by atoms with van der Waals surface area (Å²) in [7, 11) is 2.71. The lowest BCUT2D eigenvalue weighted by molar-refractivity contribution is -0.0240. The van der Waals surface area contributed by atoms with Gasteiger partial charge in [-0.1, -0.05) is 12.1 Å². The lowest BCUT2D eigenvalue weighted by Gasteiger charge is -2.35. The van der Waals surface area contributed by atoms with Gasteiger partial charge in [-0.25, -0.2) is 8.78 Å². The molecule has 0 radical (unpaired) electrons. The van der Waals surface area contributed by atoms with E-state index in [1.807, 2.05) is 12.1 Å². The highest BCUT2D eigenvalue weighted by Gasteiger charge is 2.44. The number of hydrogen-bond acceptors (Lipinski definition) is 5. The second-order valence-electron chi connectivity index (χ2n) is 8.02. The molecule has 1 amide bonds. The molecule has 1 saturated heterocycles. The zero-order chi connectivity index (χ0) is 22.1. The number of methoxy groups -OCH3 is 2. The highest BCUT2D eigenvalue weighted by molar-refractivity contribution is 5.95. The van der Waals surface area contributed by atoms with Crippen LogP contribution >= 0.6 is 0 Å². The highest BCUT2D eigenvalue weighted by Crippen LogP contribution is 2.40. The number of aliphatic hydroxyl groups is 1. The van der Waals surface area contributed by atoms with Crippen LogP contribution in [0.5, 0.6) is 17.2 Å². The summed E-state index contributed by atoms with van der Waals surface area (Å²) in [4.78, 5) is 14.5. The molecule has 4 rings (SSSR count). The fourth-order valence-electron chi connectivity index (χ4n) is 4.62. The van der Waals surface area contributed by atoms with Crippen LogP contribution in [0.25, 0.3) is 0 Å². The van der Waals surface area contributed by atoms with Gasteiger partial charge in [0.2, 0.25) is 0 Å². The molecular weight excluding hydrogens is 408 g/mol. The minimum atomic E-state index is -1.00. The van der Waals surface area contributed by atoms with Crippen molar-refractivity contribution in [1.29, 1.82) is 0 Å². The lowest BCUT2D eigenvalue weighted by Crippen LogP contribution is -2.42. The summed E-state index contributed by atoms with van der Waals surface area (Å²) in [5.74, 6) is -1.60. The number of benzene rings is 2. The molecule has 2 aromatic rings. The third-order valence-electron chi connectivity index (χ3n) is 6.20. The van der Waals surface area contributed by atoms with Crippen molar-refractivity contribution in [2.75, 3.05) is 27.3 Å². The SMILES string of the molecule is COc1ccccc1O[C@@H]1C[C@@H]2CN(C(=O)c3ccc(F)c(OC)c3F)C[C@@H]2C[C@H]1O. The van der Waals surface area contributed by atoms with Gasteiger partial charge in [0.15, 0.2) is 28.9 Å². The Hall–Kier alpha value is -2.87. The van der Waals surface area contributed by atoms with Crippen molar-refractivity contribution >= 4 is 5.91 Å². The number of halogens is 2. The standard InChI is InChI=1S/C23H25F2NO5/c1-29-18-5-3-4-6-19(18)31-20-10-14-12-26(11-13(14)9-17(20)27)23(28)15-7-8-16(24)22(30-2)21(15)25/h3-8,13-14,17,20,27H,9-12H2,1-2H3/t13-,14+,17+,20+/m0/s1. The molecule has 2 fully saturated rings. The number of rotatable bonds is 5. The van der Waals surface area contributed by atoms with Gasteiger partial charge in [0.1, 0.15) is 6.10 Å². The predicted octanol–water partition coefficient (Wildman–Crippen LogP) is 3.27. The van der Waals surface area contributed by atoms with Gasteiger partial charge in [-0.3, -0.25) is 4.79 Å². The van der Waals surface area contributed by atoms with E-state index >= 15 is 0 Å². The van der Waals surface area contributed by atoms with E-state index in [1.54, 1.807) is 24.1 Å². The quantitative estimate of drug-likeness (QED) is 0.784. The second-order valence-corrected chi connectivity index (χ2v) is 8.02. The first-order valence-corrected chi connectivity index (χ1v) is 10.2. The van der Waals surface area contributed by atoms with E-state index in [-0.39, 0.29) is 17.4 Å². The summed E-state index contributed by atoms with van der Waals surface area (Å²) < 4.78 is 44.4. The van der Waals surface area contributed by atoms with Crippen molar-refractivity contribution in [3.8, 4) is 17.2 Å². The molecule has 1 aliphatic heterocycles. The molecule has 6 nitrogen and oxygen atoms in total. The van der Waals surface area contributed by atoms with E-state index < -0.39 is 35.5 Å². The van der Waals surface area contributed by atoms with Crippen molar-refractivity contribution < 1.29 is 32.9 Å². The van der Waals surface area contributed by atoms with Gasteiger partial charge in [-0.05, 0) is 48.9 Å². The Morgan fingerprint density at radius 1 is 1.00 bits per heavy atom. The molecular formula is C23H25F2NO5. The Bertz CT molecular complexity index is 969. The average Bonchev–Trinajstić information content (AvgIpc) is 3.17. The Balaban J connectivity index is 1.47. The molecule has 1 aliphatic carbocycles. The Kier molecular flexibility index (Phi) is 6.00. The smallest absolute Gasteiger partial charge is 0.256 e. The van der Waals surface area contributed by atoms with E-state index in [1.165, 1.54) is 0 Å². The number of carbonyl (C=O) groups excluding carboxylic acids is 1. The van der Waals surface area contributed by atoms with Gasteiger partial charge in [0.05, 0.1) is 25.9 Å². The van der Waals surface area contributed by atoms with Crippen LogP contribution < -0.4 is 14.2 Å². The number of likely N-dealkylation sites (tertiary alicyclic amines) is 1. The van der Waals surface area contributed by atoms with Crippen LogP contribution in [-0.4, -0.2) is 55.4 Å². The normalized spacial score (nSPS) is 25.1. The maximum absolute atomic E-state index is 14.6. The molecule has 0 bridgehead atoms. The number of nitrogens with zero attached hydrogens (tertiary/aromatic N) is 1. The van der Waals surface area contributed by atoms with E-state index in [4.69, 9.17) is 14.2 Å². The largest absolute Gasteiger partial charge is 0.493 e. The first kappa shape index (κ1) is 21.4. The number of para-hydroxylation sites is 2. The number of fused-ring (bicyclic) bond motifs is 1. The maximum atomic E-state index is 14.6. The van der Waals surface area contributed by atoms with Crippen molar-refractivity contribution in [3.63, 3.8) is 0 Å². The van der Waals surface area contributed by atoms with E-state index in [0.717, 1.165) is 19.2 Å².